The first-order valence-corrected chi connectivity index (χ1v) is 6.02. The number of anilines is 1. The molecule has 2 heterocycles. The Kier molecular flexibility index (Phi) is 3.56. The van der Waals surface area contributed by atoms with Crippen LogP contribution in [-0.2, 0) is 6.42 Å². The summed E-state index contributed by atoms with van der Waals surface area (Å²) in [5.74, 6) is 1.81. The second-order valence-electron chi connectivity index (χ2n) is 4.27. The van der Waals surface area contributed by atoms with Crippen molar-refractivity contribution in [2.45, 2.75) is 33.1 Å². The molecule has 1 saturated heterocycles. The van der Waals surface area contributed by atoms with Crippen molar-refractivity contribution in [1.82, 2.24) is 9.97 Å². The molecule has 1 fully saturated rings. The van der Waals surface area contributed by atoms with Gasteiger partial charge in [-0.1, -0.05) is 12.1 Å². The normalized spacial score (nSPS) is 16.1. The maximum absolute atomic E-state index is 8.72. The van der Waals surface area contributed by atoms with Crippen LogP contribution in [0.15, 0.2) is 11.2 Å². The van der Waals surface area contributed by atoms with Gasteiger partial charge >= 0.3 is 0 Å². The van der Waals surface area contributed by atoms with Gasteiger partial charge in [-0.3, -0.25) is 0 Å². The minimum absolute atomic E-state index is 0.807. The van der Waals surface area contributed by atoms with E-state index in [1.54, 1.807) is 0 Å². The summed E-state index contributed by atoms with van der Waals surface area (Å²) in [4.78, 5) is 11.1. The average Bonchev–Trinajstić information content (AvgIpc) is 2.38. The Labute approximate surface area is 101 Å². The van der Waals surface area contributed by atoms with Crippen LogP contribution in [0.3, 0.4) is 0 Å². The van der Waals surface area contributed by atoms with Crippen molar-refractivity contribution in [1.29, 1.82) is 0 Å². The van der Waals surface area contributed by atoms with Crippen molar-refractivity contribution in [3.63, 3.8) is 0 Å². The van der Waals surface area contributed by atoms with E-state index in [1.165, 1.54) is 0 Å². The smallest absolute Gasteiger partial charge is 0.132 e. The summed E-state index contributed by atoms with van der Waals surface area (Å²) in [6.07, 6.45) is 2.54. The van der Waals surface area contributed by atoms with Crippen molar-refractivity contribution in [3.05, 3.63) is 17.6 Å². The molecular formula is C12H18N4O. The fourth-order valence-electron chi connectivity index (χ4n) is 2.05. The molecule has 0 aromatic carbocycles. The predicted molar refractivity (Wildman–Crippen MR) is 66.8 cm³/mol. The van der Waals surface area contributed by atoms with Crippen molar-refractivity contribution >= 4 is 11.5 Å². The molecule has 1 aliphatic heterocycles. The van der Waals surface area contributed by atoms with Crippen molar-refractivity contribution < 1.29 is 5.21 Å². The van der Waals surface area contributed by atoms with E-state index in [0.717, 1.165) is 55.4 Å². The molecule has 1 N–H and O–H groups in total. The molecule has 1 aromatic heterocycles. The van der Waals surface area contributed by atoms with Gasteiger partial charge in [-0.05, 0) is 13.3 Å². The third-order valence-electron chi connectivity index (χ3n) is 3.05. The lowest BCUT2D eigenvalue weighted by atomic mass is 10.1. The fraction of sp³-hybridized carbons (Fsp3) is 0.583. The topological polar surface area (TPSA) is 61.6 Å². The van der Waals surface area contributed by atoms with E-state index in [-0.39, 0.29) is 0 Å². The second-order valence-corrected chi connectivity index (χ2v) is 4.27. The van der Waals surface area contributed by atoms with Gasteiger partial charge in [0.1, 0.15) is 11.6 Å². The summed E-state index contributed by atoms with van der Waals surface area (Å²) >= 11 is 0. The molecule has 0 atom stereocenters. The highest BCUT2D eigenvalue weighted by atomic mass is 16.4. The Hall–Kier alpha value is -1.65. The van der Waals surface area contributed by atoms with E-state index >= 15 is 0 Å². The maximum atomic E-state index is 8.72. The Morgan fingerprint density at radius 3 is 2.65 bits per heavy atom. The van der Waals surface area contributed by atoms with E-state index in [4.69, 9.17) is 5.21 Å². The van der Waals surface area contributed by atoms with Gasteiger partial charge in [0.15, 0.2) is 0 Å². The molecule has 0 unspecified atom stereocenters. The lowest BCUT2D eigenvalue weighted by molar-refractivity contribution is 0.315. The molecule has 5 nitrogen and oxygen atoms in total. The van der Waals surface area contributed by atoms with Crippen molar-refractivity contribution in [3.8, 4) is 0 Å². The molecule has 1 aromatic rings. The van der Waals surface area contributed by atoms with E-state index in [0.29, 0.717) is 0 Å². The molecule has 5 heteroatoms. The number of oxime groups is 1. The van der Waals surface area contributed by atoms with Gasteiger partial charge in [0.2, 0.25) is 0 Å². The molecule has 1 aliphatic rings. The van der Waals surface area contributed by atoms with Crippen LogP contribution in [-0.4, -0.2) is 34.0 Å². The van der Waals surface area contributed by atoms with Gasteiger partial charge in [0, 0.05) is 37.7 Å². The van der Waals surface area contributed by atoms with Gasteiger partial charge in [-0.15, -0.1) is 0 Å². The maximum Gasteiger partial charge on any atom is 0.132 e. The van der Waals surface area contributed by atoms with Crippen molar-refractivity contribution in [2.24, 2.45) is 5.16 Å². The Balaban J connectivity index is 2.15. The van der Waals surface area contributed by atoms with Crippen LogP contribution in [0.5, 0.6) is 0 Å². The lowest BCUT2D eigenvalue weighted by Crippen LogP contribution is -2.34. The number of aryl methyl sites for hydroxylation is 2. The first-order chi connectivity index (χ1) is 8.22. The summed E-state index contributed by atoms with van der Waals surface area (Å²) in [6.45, 7) is 5.74. The third kappa shape index (κ3) is 2.72. The molecular weight excluding hydrogens is 216 g/mol. The number of aromatic nitrogens is 2. The van der Waals surface area contributed by atoms with Crippen LogP contribution in [0.1, 0.15) is 31.3 Å². The molecule has 0 radical (unpaired) electrons. The van der Waals surface area contributed by atoms with Gasteiger partial charge in [-0.2, -0.15) is 0 Å². The third-order valence-corrected chi connectivity index (χ3v) is 3.05. The van der Waals surface area contributed by atoms with Gasteiger partial charge in [-0.25, -0.2) is 9.97 Å². The highest BCUT2D eigenvalue weighted by Crippen LogP contribution is 2.17. The Morgan fingerprint density at radius 2 is 2.06 bits per heavy atom. The molecule has 0 saturated carbocycles. The van der Waals surface area contributed by atoms with Crippen molar-refractivity contribution in [2.75, 3.05) is 18.0 Å². The van der Waals surface area contributed by atoms with Crippen LogP contribution >= 0.6 is 0 Å². The molecule has 0 aliphatic carbocycles. The SMILES string of the molecule is CCc1cc(N2CCC(=NO)CC2)nc(C)n1. The van der Waals surface area contributed by atoms with E-state index in [9.17, 15) is 0 Å². The Bertz CT molecular complexity index is 421. The molecule has 0 spiro atoms. The fourth-order valence-corrected chi connectivity index (χ4v) is 2.05. The zero-order valence-electron chi connectivity index (χ0n) is 10.3. The van der Waals surface area contributed by atoms with E-state index < -0.39 is 0 Å². The molecule has 0 amide bonds. The van der Waals surface area contributed by atoms with E-state index in [1.807, 2.05) is 13.0 Å². The zero-order chi connectivity index (χ0) is 12.3. The minimum atomic E-state index is 0.807. The van der Waals surface area contributed by atoms with Gasteiger partial charge in [0.25, 0.3) is 0 Å². The molecule has 17 heavy (non-hydrogen) atoms. The summed E-state index contributed by atoms with van der Waals surface area (Å²) < 4.78 is 0. The van der Waals surface area contributed by atoms with Gasteiger partial charge in [0.05, 0.1) is 5.71 Å². The van der Waals surface area contributed by atoms with E-state index in [2.05, 4.69) is 26.9 Å². The van der Waals surface area contributed by atoms with Gasteiger partial charge < -0.3 is 10.1 Å². The quantitative estimate of drug-likeness (QED) is 0.626. The van der Waals surface area contributed by atoms with Crippen LogP contribution in [0.25, 0.3) is 0 Å². The summed E-state index contributed by atoms with van der Waals surface area (Å²) in [7, 11) is 0. The highest BCUT2D eigenvalue weighted by Gasteiger charge is 2.17. The predicted octanol–water partition coefficient (Wildman–Crippen LogP) is 1.78. The second kappa shape index (κ2) is 5.12. The first kappa shape index (κ1) is 11.8. The number of rotatable bonds is 2. The van der Waals surface area contributed by atoms with Crippen LogP contribution in [0.4, 0.5) is 5.82 Å². The number of piperidine rings is 1. The van der Waals surface area contributed by atoms with Crippen LogP contribution in [0, 0.1) is 6.92 Å². The monoisotopic (exact) mass is 234 g/mol. The first-order valence-electron chi connectivity index (χ1n) is 6.02. The number of hydrogen-bond acceptors (Lipinski definition) is 5. The average molecular weight is 234 g/mol. The summed E-state index contributed by atoms with van der Waals surface area (Å²) in [5.41, 5.74) is 1.96. The largest absolute Gasteiger partial charge is 0.411 e. The minimum Gasteiger partial charge on any atom is -0.411 e. The standard InChI is InChI=1S/C12H18N4O/c1-3-10-8-12(14-9(2)13-10)16-6-4-11(15-17)5-7-16/h8,17H,3-7H2,1-2H3. The summed E-state index contributed by atoms with van der Waals surface area (Å²) in [6, 6.07) is 2.05. The molecule has 92 valence electrons. The zero-order valence-corrected chi connectivity index (χ0v) is 10.3. The Morgan fingerprint density at radius 1 is 1.35 bits per heavy atom. The molecule has 0 bridgehead atoms. The molecule has 2 rings (SSSR count). The van der Waals surface area contributed by atoms with Crippen LogP contribution in [0.2, 0.25) is 0 Å². The highest BCUT2D eigenvalue weighted by molar-refractivity contribution is 5.86. The van der Waals surface area contributed by atoms with Crippen LogP contribution < -0.4 is 4.90 Å². The summed E-state index contributed by atoms with van der Waals surface area (Å²) in [5, 5.41) is 12.0. The number of hydrogen-bond donors (Lipinski definition) is 1. The number of nitrogens with zero attached hydrogens (tertiary/aromatic N) is 4. The lowest BCUT2D eigenvalue weighted by Gasteiger charge is -2.28.